The van der Waals surface area contributed by atoms with E-state index in [1.165, 1.54) is 14.2 Å². The van der Waals surface area contributed by atoms with Gasteiger partial charge >= 0.3 is 0 Å². The lowest BCUT2D eigenvalue weighted by Crippen LogP contribution is -2.30. The summed E-state index contributed by atoms with van der Waals surface area (Å²) >= 11 is 0. The van der Waals surface area contributed by atoms with E-state index in [-0.39, 0.29) is 17.9 Å². The summed E-state index contributed by atoms with van der Waals surface area (Å²) in [6.45, 7) is -0.296. The van der Waals surface area contributed by atoms with Crippen LogP contribution in [-0.4, -0.2) is 42.5 Å². The van der Waals surface area contributed by atoms with E-state index in [1.54, 1.807) is 48.5 Å². The molecule has 1 saturated heterocycles. The van der Waals surface area contributed by atoms with E-state index in [4.69, 9.17) is 14.7 Å². The molecule has 1 amide bonds. The predicted octanol–water partition coefficient (Wildman–Crippen LogP) is 2.65. The molecule has 0 bridgehead atoms. The van der Waals surface area contributed by atoms with Gasteiger partial charge in [0.25, 0.3) is 11.7 Å². The summed E-state index contributed by atoms with van der Waals surface area (Å²) in [5.74, 6) is -1.08. The third-order valence-electron chi connectivity index (χ3n) is 4.55. The zero-order valence-electron chi connectivity index (χ0n) is 15.4. The van der Waals surface area contributed by atoms with Crippen LogP contribution in [-0.2, 0) is 9.59 Å². The van der Waals surface area contributed by atoms with Crippen molar-refractivity contribution in [1.82, 2.24) is 4.90 Å². The first-order valence-electron chi connectivity index (χ1n) is 8.46. The summed E-state index contributed by atoms with van der Waals surface area (Å²) in [6, 6.07) is 14.4. The quantitative estimate of drug-likeness (QED) is 0.372. The van der Waals surface area contributed by atoms with Gasteiger partial charge in [-0.25, -0.2) is 0 Å². The SMILES string of the molecule is COc1ccc([C@@H]2C(=C(O)c3ccccc3)C(=O)C(=O)N2CC#N)cc1OC. The van der Waals surface area contributed by atoms with Crippen LogP contribution in [0.15, 0.2) is 54.1 Å². The minimum absolute atomic E-state index is 0.0707. The molecule has 0 spiro atoms. The van der Waals surface area contributed by atoms with Crippen molar-refractivity contribution in [3.8, 4) is 17.6 Å². The Labute approximate surface area is 162 Å². The van der Waals surface area contributed by atoms with Gasteiger partial charge in [-0.2, -0.15) is 5.26 Å². The molecule has 1 aliphatic heterocycles. The summed E-state index contributed by atoms with van der Waals surface area (Å²) < 4.78 is 10.5. The fourth-order valence-corrected chi connectivity index (χ4v) is 3.24. The Hall–Kier alpha value is -3.79. The monoisotopic (exact) mass is 378 g/mol. The number of benzene rings is 2. The molecule has 0 radical (unpaired) electrons. The number of amides is 1. The maximum atomic E-state index is 12.7. The van der Waals surface area contributed by atoms with Crippen LogP contribution in [0.2, 0.25) is 0 Å². The molecule has 1 atom stereocenters. The van der Waals surface area contributed by atoms with Crippen molar-refractivity contribution >= 4 is 17.4 Å². The number of carbonyl (C=O) groups excluding carboxylic acids is 2. The van der Waals surface area contributed by atoms with Crippen LogP contribution >= 0.6 is 0 Å². The predicted molar refractivity (Wildman–Crippen MR) is 101 cm³/mol. The molecule has 1 fully saturated rings. The molecule has 1 heterocycles. The Morgan fingerprint density at radius 1 is 1.11 bits per heavy atom. The number of aliphatic hydroxyl groups excluding tert-OH is 1. The number of hydrogen-bond donors (Lipinski definition) is 1. The molecule has 142 valence electrons. The highest BCUT2D eigenvalue weighted by atomic mass is 16.5. The number of Topliss-reactive ketones (excluding diaryl/α,β-unsaturated/α-hetero) is 1. The van der Waals surface area contributed by atoms with Crippen molar-refractivity contribution in [3.05, 3.63) is 65.2 Å². The van der Waals surface area contributed by atoms with E-state index < -0.39 is 17.7 Å². The van der Waals surface area contributed by atoms with E-state index in [0.717, 1.165) is 4.90 Å². The molecule has 2 aromatic carbocycles. The summed E-state index contributed by atoms with van der Waals surface area (Å²) in [7, 11) is 2.96. The Morgan fingerprint density at radius 3 is 2.39 bits per heavy atom. The van der Waals surface area contributed by atoms with Crippen molar-refractivity contribution < 1.29 is 24.2 Å². The highest BCUT2D eigenvalue weighted by Gasteiger charge is 2.46. The highest BCUT2D eigenvalue weighted by molar-refractivity contribution is 6.46. The van der Waals surface area contributed by atoms with E-state index >= 15 is 0 Å². The van der Waals surface area contributed by atoms with E-state index in [1.807, 2.05) is 6.07 Å². The Morgan fingerprint density at radius 2 is 1.79 bits per heavy atom. The van der Waals surface area contributed by atoms with Crippen molar-refractivity contribution in [2.24, 2.45) is 0 Å². The van der Waals surface area contributed by atoms with Crippen molar-refractivity contribution in [2.45, 2.75) is 6.04 Å². The number of likely N-dealkylation sites (tertiary alicyclic amines) is 1. The zero-order valence-corrected chi connectivity index (χ0v) is 15.4. The average molecular weight is 378 g/mol. The molecular formula is C21H18N2O5. The number of nitriles is 1. The number of nitrogens with zero attached hydrogens (tertiary/aromatic N) is 2. The third kappa shape index (κ3) is 3.16. The lowest BCUT2D eigenvalue weighted by atomic mass is 9.95. The molecule has 1 aliphatic rings. The third-order valence-corrected chi connectivity index (χ3v) is 4.55. The second kappa shape index (κ2) is 7.84. The number of hydrogen-bond acceptors (Lipinski definition) is 6. The molecule has 3 rings (SSSR count). The van der Waals surface area contributed by atoms with Crippen LogP contribution in [0.5, 0.6) is 11.5 Å². The van der Waals surface area contributed by atoms with Crippen LogP contribution in [0, 0.1) is 11.3 Å². The minimum atomic E-state index is -0.917. The van der Waals surface area contributed by atoms with Gasteiger partial charge in [-0.3, -0.25) is 9.59 Å². The number of methoxy groups -OCH3 is 2. The number of rotatable bonds is 5. The highest BCUT2D eigenvalue weighted by Crippen LogP contribution is 2.41. The van der Waals surface area contributed by atoms with E-state index in [2.05, 4.69) is 0 Å². The molecule has 1 N–H and O–H groups in total. The van der Waals surface area contributed by atoms with E-state index in [9.17, 15) is 14.7 Å². The molecule has 0 aromatic heterocycles. The smallest absolute Gasteiger partial charge is 0.296 e. The lowest BCUT2D eigenvalue weighted by Gasteiger charge is -2.23. The number of carbonyl (C=O) groups is 2. The molecule has 0 unspecified atom stereocenters. The summed E-state index contributed by atoms with van der Waals surface area (Å²) in [6.07, 6.45) is 0. The van der Waals surface area contributed by atoms with Gasteiger partial charge in [-0.1, -0.05) is 36.4 Å². The first-order chi connectivity index (χ1) is 13.5. The largest absolute Gasteiger partial charge is 0.507 e. The topological polar surface area (TPSA) is 99.9 Å². The van der Waals surface area contributed by atoms with Gasteiger partial charge in [0.2, 0.25) is 0 Å². The minimum Gasteiger partial charge on any atom is -0.507 e. The fourth-order valence-electron chi connectivity index (χ4n) is 3.24. The molecule has 7 heteroatoms. The second-order valence-corrected chi connectivity index (χ2v) is 6.07. The molecule has 0 saturated carbocycles. The van der Waals surface area contributed by atoms with Gasteiger partial charge in [0, 0.05) is 5.56 Å². The van der Waals surface area contributed by atoms with Gasteiger partial charge < -0.3 is 19.5 Å². The number of aliphatic hydroxyl groups is 1. The molecule has 28 heavy (non-hydrogen) atoms. The van der Waals surface area contributed by atoms with E-state index in [0.29, 0.717) is 22.6 Å². The first-order valence-corrected chi connectivity index (χ1v) is 8.46. The van der Waals surface area contributed by atoms with Gasteiger partial charge in [-0.05, 0) is 17.7 Å². The zero-order chi connectivity index (χ0) is 20.3. The van der Waals surface area contributed by atoms with Crippen LogP contribution in [0.25, 0.3) is 5.76 Å². The van der Waals surface area contributed by atoms with Gasteiger partial charge in [0.15, 0.2) is 11.5 Å². The normalized spacial score (nSPS) is 18.0. The van der Waals surface area contributed by atoms with Crippen molar-refractivity contribution in [3.63, 3.8) is 0 Å². The first kappa shape index (κ1) is 19.0. The average Bonchev–Trinajstić information content (AvgIpc) is 2.98. The Balaban J connectivity index is 2.22. The fraction of sp³-hybridized carbons (Fsp3) is 0.190. The van der Waals surface area contributed by atoms with Gasteiger partial charge in [0.05, 0.1) is 31.9 Å². The lowest BCUT2D eigenvalue weighted by molar-refractivity contribution is -0.139. The summed E-state index contributed by atoms with van der Waals surface area (Å²) in [5.41, 5.74) is 0.853. The maximum Gasteiger partial charge on any atom is 0.296 e. The molecular weight excluding hydrogens is 360 g/mol. The number of ether oxygens (including phenoxy) is 2. The van der Waals surface area contributed by atoms with Gasteiger partial charge in [-0.15, -0.1) is 0 Å². The maximum absolute atomic E-state index is 12.7. The standard InChI is InChI=1S/C21H18N2O5/c1-27-15-9-8-14(12-16(15)28-2)18-17(19(24)13-6-4-3-5-7-13)20(25)21(26)23(18)11-10-22/h3-9,12,18,24H,11H2,1-2H3/t18-/m1/s1. The Bertz CT molecular complexity index is 992. The van der Waals surface area contributed by atoms with Crippen LogP contribution in [0.1, 0.15) is 17.2 Å². The summed E-state index contributed by atoms with van der Waals surface area (Å²) in [5, 5.41) is 19.9. The molecule has 0 aliphatic carbocycles. The van der Waals surface area contributed by atoms with Crippen LogP contribution in [0.4, 0.5) is 0 Å². The van der Waals surface area contributed by atoms with Crippen molar-refractivity contribution in [2.75, 3.05) is 20.8 Å². The van der Waals surface area contributed by atoms with Gasteiger partial charge in [0.1, 0.15) is 12.3 Å². The van der Waals surface area contributed by atoms with Crippen molar-refractivity contribution in [1.29, 1.82) is 5.26 Å². The Kier molecular flexibility index (Phi) is 5.32. The second-order valence-electron chi connectivity index (χ2n) is 6.07. The molecule has 7 nitrogen and oxygen atoms in total. The van der Waals surface area contributed by atoms with Crippen LogP contribution in [0.3, 0.4) is 0 Å². The van der Waals surface area contributed by atoms with Crippen LogP contribution < -0.4 is 9.47 Å². The number of ketones is 1. The summed E-state index contributed by atoms with van der Waals surface area (Å²) in [4.78, 5) is 26.4. The molecule has 2 aromatic rings.